The Hall–Kier alpha value is -1.35. The van der Waals surface area contributed by atoms with Gasteiger partial charge in [0.05, 0.1) is 6.04 Å². The minimum Gasteiger partial charge on any atom is -0.311 e. The maximum atomic E-state index is 12.4. The van der Waals surface area contributed by atoms with E-state index in [0.717, 1.165) is 31.6 Å². The lowest BCUT2D eigenvalue weighted by molar-refractivity contribution is -0.120. The molecule has 1 aromatic rings. The van der Waals surface area contributed by atoms with Gasteiger partial charge in [0.15, 0.2) is 0 Å². The van der Waals surface area contributed by atoms with Gasteiger partial charge in [-0.25, -0.2) is 0 Å². The SMILES string of the molecule is Cc1ccc(N2CCCCNC(C)C2=O)c(C)c1. The third kappa shape index (κ3) is 2.72. The Kier molecular flexibility index (Phi) is 4.02. The molecule has 1 aromatic carbocycles. The first-order chi connectivity index (χ1) is 8.59. The first-order valence-electron chi connectivity index (χ1n) is 6.71. The first-order valence-corrected chi connectivity index (χ1v) is 6.71. The highest BCUT2D eigenvalue weighted by atomic mass is 16.2. The summed E-state index contributed by atoms with van der Waals surface area (Å²) in [5, 5.41) is 3.27. The highest BCUT2D eigenvalue weighted by Gasteiger charge is 2.23. The van der Waals surface area contributed by atoms with Crippen LogP contribution in [-0.4, -0.2) is 25.0 Å². The summed E-state index contributed by atoms with van der Waals surface area (Å²) in [6, 6.07) is 6.19. The normalized spacial score (nSPS) is 21.6. The maximum absolute atomic E-state index is 12.4. The van der Waals surface area contributed by atoms with Crippen LogP contribution in [-0.2, 0) is 4.79 Å². The van der Waals surface area contributed by atoms with E-state index < -0.39 is 0 Å². The first kappa shape index (κ1) is 13.1. The van der Waals surface area contributed by atoms with E-state index in [1.54, 1.807) is 0 Å². The van der Waals surface area contributed by atoms with E-state index in [9.17, 15) is 4.79 Å². The third-order valence-electron chi connectivity index (χ3n) is 3.54. The monoisotopic (exact) mass is 246 g/mol. The van der Waals surface area contributed by atoms with Crippen LogP contribution in [0.1, 0.15) is 30.9 Å². The molecular formula is C15H22N2O. The van der Waals surface area contributed by atoms with E-state index in [1.807, 2.05) is 11.8 Å². The molecule has 1 atom stereocenters. The van der Waals surface area contributed by atoms with Gasteiger partial charge in [0.25, 0.3) is 0 Å². The summed E-state index contributed by atoms with van der Waals surface area (Å²) >= 11 is 0. The second kappa shape index (κ2) is 5.53. The van der Waals surface area contributed by atoms with Crippen LogP contribution in [0.4, 0.5) is 5.69 Å². The van der Waals surface area contributed by atoms with Crippen molar-refractivity contribution in [3.05, 3.63) is 29.3 Å². The summed E-state index contributed by atoms with van der Waals surface area (Å²) in [6.07, 6.45) is 2.18. The fraction of sp³-hybridized carbons (Fsp3) is 0.533. The molecule has 1 unspecified atom stereocenters. The molecule has 0 aromatic heterocycles. The molecule has 1 fully saturated rings. The van der Waals surface area contributed by atoms with Crippen LogP contribution in [0, 0.1) is 13.8 Å². The van der Waals surface area contributed by atoms with Gasteiger partial charge in [0.1, 0.15) is 0 Å². The zero-order valence-corrected chi connectivity index (χ0v) is 11.5. The topological polar surface area (TPSA) is 32.3 Å². The van der Waals surface area contributed by atoms with Crippen LogP contribution < -0.4 is 10.2 Å². The quantitative estimate of drug-likeness (QED) is 0.825. The molecule has 3 nitrogen and oxygen atoms in total. The van der Waals surface area contributed by atoms with Gasteiger partial charge in [-0.15, -0.1) is 0 Å². The minimum absolute atomic E-state index is 0.0917. The van der Waals surface area contributed by atoms with Crippen molar-refractivity contribution in [3.63, 3.8) is 0 Å². The van der Waals surface area contributed by atoms with Crippen molar-refractivity contribution in [1.29, 1.82) is 0 Å². The fourth-order valence-electron chi connectivity index (χ4n) is 2.49. The van der Waals surface area contributed by atoms with Crippen molar-refractivity contribution in [2.45, 2.75) is 39.7 Å². The molecule has 0 spiro atoms. The lowest BCUT2D eigenvalue weighted by atomic mass is 10.1. The van der Waals surface area contributed by atoms with Crippen LogP contribution in [0.25, 0.3) is 0 Å². The van der Waals surface area contributed by atoms with Gasteiger partial charge < -0.3 is 10.2 Å². The molecule has 1 saturated heterocycles. The number of hydrogen-bond donors (Lipinski definition) is 1. The molecule has 3 heteroatoms. The van der Waals surface area contributed by atoms with Crippen LogP contribution in [0.15, 0.2) is 18.2 Å². The van der Waals surface area contributed by atoms with Crippen molar-refractivity contribution >= 4 is 11.6 Å². The van der Waals surface area contributed by atoms with Crippen molar-refractivity contribution < 1.29 is 4.79 Å². The number of anilines is 1. The van der Waals surface area contributed by atoms with Crippen LogP contribution in [0.3, 0.4) is 0 Å². The van der Waals surface area contributed by atoms with Crippen LogP contribution >= 0.6 is 0 Å². The Bertz CT molecular complexity index is 442. The Balaban J connectivity index is 2.30. The molecule has 1 aliphatic heterocycles. The predicted octanol–water partition coefficient (Wildman–Crippen LogP) is 2.41. The van der Waals surface area contributed by atoms with E-state index in [-0.39, 0.29) is 11.9 Å². The van der Waals surface area contributed by atoms with Crippen molar-refractivity contribution in [3.8, 4) is 0 Å². The average molecular weight is 246 g/mol. The highest BCUT2D eigenvalue weighted by Crippen LogP contribution is 2.23. The van der Waals surface area contributed by atoms with Gasteiger partial charge in [0, 0.05) is 12.2 Å². The second-order valence-electron chi connectivity index (χ2n) is 5.16. The molecule has 1 N–H and O–H groups in total. The molecular weight excluding hydrogens is 224 g/mol. The molecule has 0 saturated carbocycles. The van der Waals surface area contributed by atoms with Crippen molar-refractivity contribution in [2.24, 2.45) is 0 Å². The number of hydrogen-bond acceptors (Lipinski definition) is 2. The van der Waals surface area contributed by atoms with E-state index in [1.165, 1.54) is 11.1 Å². The molecule has 1 amide bonds. The Morgan fingerprint density at radius 3 is 2.78 bits per heavy atom. The summed E-state index contributed by atoms with van der Waals surface area (Å²) in [4.78, 5) is 14.3. The van der Waals surface area contributed by atoms with E-state index in [4.69, 9.17) is 0 Å². The van der Waals surface area contributed by atoms with E-state index >= 15 is 0 Å². The summed E-state index contributed by atoms with van der Waals surface area (Å²) in [7, 11) is 0. The molecule has 1 heterocycles. The van der Waals surface area contributed by atoms with Gasteiger partial charge in [-0.3, -0.25) is 4.79 Å². The Morgan fingerprint density at radius 1 is 1.28 bits per heavy atom. The number of benzene rings is 1. The van der Waals surface area contributed by atoms with Gasteiger partial charge in [0.2, 0.25) is 5.91 Å². The third-order valence-corrected chi connectivity index (χ3v) is 3.54. The minimum atomic E-state index is -0.0917. The molecule has 2 rings (SSSR count). The molecule has 1 aliphatic rings. The van der Waals surface area contributed by atoms with Gasteiger partial charge in [-0.2, -0.15) is 0 Å². The molecule has 98 valence electrons. The van der Waals surface area contributed by atoms with Gasteiger partial charge in [-0.05, 0) is 51.8 Å². The number of nitrogens with one attached hydrogen (secondary N) is 1. The molecule has 18 heavy (non-hydrogen) atoms. The standard InChI is InChI=1S/C15H22N2O/c1-11-6-7-14(12(2)10-11)17-9-5-4-8-16-13(3)15(17)18/h6-7,10,13,16H,4-5,8-9H2,1-3H3. The van der Waals surface area contributed by atoms with Gasteiger partial charge >= 0.3 is 0 Å². The van der Waals surface area contributed by atoms with E-state index in [2.05, 4.69) is 37.4 Å². The van der Waals surface area contributed by atoms with Crippen molar-refractivity contribution in [2.75, 3.05) is 18.0 Å². The summed E-state index contributed by atoms with van der Waals surface area (Å²) in [6.45, 7) is 7.87. The second-order valence-corrected chi connectivity index (χ2v) is 5.16. The molecule has 0 radical (unpaired) electrons. The number of carbonyl (C=O) groups is 1. The number of rotatable bonds is 1. The smallest absolute Gasteiger partial charge is 0.243 e. The summed E-state index contributed by atoms with van der Waals surface area (Å²) in [5.74, 6) is 0.182. The fourth-order valence-corrected chi connectivity index (χ4v) is 2.49. The van der Waals surface area contributed by atoms with Crippen LogP contribution in [0.2, 0.25) is 0 Å². The summed E-state index contributed by atoms with van der Waals surface area (Å²) < 4.78 is 0. The lowest BCUT2D eigenvalue weighted by Gasteiger charge is -2.30. The summed E-state index contributed by atoms with van der Waals surface area (Å²) in [5.41, 5.74) is 3.47. The van der Waals surface area contributed by atoms with E-state index in [0.29, 0.717) is 0 Å². The number of nitrogens with zero attached hydrogens (tertiary/aromatic N) is 1. The zero-order chi connectivity index (χ0) is 13.1. The zero-order valence-electron chi connectivity index (χ0n) is 11.5. The Morgan fingerprint density at radius 2 is 2.06 bits per heavy atom. The molecule has 0 aliphatic carbocycles. The van der Waals surface area contributed by atoms with Crippen LogP contribution in [0.5, 0.6) is 0 Å². The number of aryl methyl sites for hydroxylation is 2. The maximum Gasteiger partial charge on any atom is 0.243 e. The molecule has 0 bridgehead atoms. The lowest BCUT2D eigenvalue weighted by Crippen LogP contribution is -2.47. The average Bonchev–Trinajstić information content (AvgIpc) is 2.32. The highest BCUT2D eigenvalue weighted by molar-refractivity contribution is 5.97. The Labute approximate surface area is 109 Å². The number of amides is 1. The predicted molar refractivity (Wildman–Crippen MR) is 75.0 cm³/mol. The van der Waals surface area contributed by atoms with Gasteiger partial charge in [-0.1, -0.05) is 17.7 Å². The number of carbonyl (C=O) groups excluding carboxylic acids is 1. The van der Waals surface area contributed by atoms with Crippen molar-refractivity contribution in [1.82, 2.24) is 5.32 Å². The largest absolute Gasteiger partial charge is 0.311 e.